The highest BCUT2D eigenvalue weighted by atomic mass is 16.5. The Kier molecular flexibility index (Phi) is 4.18. The third kappa shape index (κ3) is 2.67. The number of carbonyl (C=O) groups is 1. The van der Waals surface area contributed by atoms with Crippen molar-refractivity contribution in [2.75, 3.05) is 26.8 Å². The van der Waals surface area contributed by atoms with E-state index in [0.29, 0.717) is 19.6 Å². The Balaban J connectivity index is 2.42. The van der Waals surface area contributed by atoms with Crippen molar-refractivity contribution in [2.24, 2.45) is 5.73 Å². The predicted molar refractivity (Wildman–Crippen MR) is 50.3 cm³/mol. The Morgan fingerprint density at radius 1 is 1.69 bits per heavy atom. The second kappa shape index (κ2) is 5.19. The third-order valence-electron chi connectivity index (χ3n) is 2.41. The highest BCUT2D eigenvalue weighted by Crippen LogP contribution is 2.17. The lowest BCUT2D eigenvalue weighted by atomic mass is 10.2. The number of rotatable bonds is 4. The number of amides is 1. The molecule has 0 spiro atoms. The van der Waals surface area contributed by atoms with Gasteiger partial charge in [-0.15, -0.1) is 0 Å². The maximum absolute atomic E-state index is 11.5. The fourth-order valence-corrected chi connectivity index (χ4v) is 1.80. The van der Waals surface area contributed by atoms with Crippen molar-refractivity contribution < 1.29 is 9.53 Å². The van der Waals surface area contributed by atoms with Crippen LogP contribution in [0.3, 0.4) is 0 Å². The van der Waals surface area contributed by atoms with Crippen LogP contribution in [0.5, 0.6) is 0 Å². The summed E-state index contributed by atoms with van der Waals surface area (Å²) in [5.74, 6) is 0.169. The normalized spacial score (nSPS) is 22.3. The lowest BCUT2D eigenvalue weighted by molar-refractivity contribution is -0.132. The smallest absolute Gasteiger partial charge is 0.224 e. The zero-order chi connectivity index (χ0) is 9.68. The van der Waals surface area contributed by atoms with E-state index in [-0.39, 0.29) is 11.9 Å². The summed E-state index contributed by atoms with van der Waals surface area (Å²) in [6.07, 6.45) is 2.61. The first-order valence-electron chi connectivity index (χ1n) is 4.78. The quantitative estimate of drug-likeness (QED) is 0.671. The number of hydrogen-bond acceptors (Lipinski definition) is 3. The molecule has 0 saturated carbocycles. The van der Waals surface area contributed by atoms with Crippen molar-refractivity contribution in [3.8, 4) is 0 Å². The molecule has 13 heavy (non-hydrogen) atoms. The zero-order valence-corrected chi connectivity index (χ0v) is 8.16. The standard InChI is InChI=1S/C9H18N2O2/c1-13-7-8-3-2-6-11(8)9(12)4-5-10/h8H,2-7,10H2,1H3/t8-/m0/s1. The molecule has 0 aliphatic carbocycles. The summed E-state index contributed by atoms with van der Waals surface area (Å²) in [4.78, 5) is 13.4. The highest BCUT2D eigenvalue weighted by Gasteiger charge is 2.27. The largest absolute Gasteiger partial charge is 0.383 e. The molecule has 1 heterocycles. The van der Waals surface area contributed by atoms with Gasteiger partial charge in [-0.3, -0.25) is 4.79 Å². The lowest BCUT2D eigenvalue weighted by Gasteiger charge is -2.23. The van der Waals surface area contributed by atoms with Crippen LogP contribution >= 0.6 is 0 Å². The summed E-state index contributed by atoms with van der Waals surface area (Å²) >= 11 is 0. The van der Waals surface area contributed by atoms with Crippen LogP contribution in [0.25, 0.3) is 0 Å². The molecule has 1 atom stereocenters. The lowest BCUT2D eigenvalue weighted by Crippen LogP contribution is -2.38. The number of likely N-dealkylation sites (tertiary alicyclic amines) is 1. The number of carbonyl (C=O) groups excluding carboxylic acids is 1. The van der Waals surface area contributed by atoms with Crippen LogP contribution in [-0.4, -0.2) is 43.7 Å². The number of hydrogen-bond donors (Lipinski definition) is 1. The van der Waals surface area contributed by atoms with Crippen LogP contribution in [0.2, 0.25) is 0 Å². The molecule has 1 rings (SSSR count). The van der Waals surface area contributed by atoms with E-state index < -0.39 is 0 Å². The topological polar surface area (TPSA) is 55.6 Å². The average Bonchev–Trinajstić information content (AvgIpc) is 2.54. The molecule has 1 aliphatic rings. The Hall–Kier alpha value is -0.610. The molecule has 1 aliphatic heterocycles. The highest BCUT2D eigenvalue weighted by molar-refractivity contribution is 5.77. The monoisotopic (exact) mass is 186 g/mol. The first-order chi connectivity index (χ1) is 6.29. The number of nitrogens with zero attached hydrogens (tertiary/aromatic N) is 1. The Morgan fingerprint density at radius 2 is 2.46 bits per heavy atom. The Bertz CT molecular complexity index is 173. The van der Waals surface area contributed by atoms with E-state index in [9.17, 15) is 4.79 Å². The molecule has 0 aromatic carbocycles. The van der Waals surface area contributed by atoms with Crippen molar-refractivity contribution in [3.63, 3.8) is 0 Å². The molecule has 0 radical (unpaired) electrons. The summed E-state index contributed by atoms with van der Waals surface area (Å²) in [7, 11) is 1.67. The molecule has 0 unspecified atom stereocenters. The van der Waals surface area contributed by atoms with E-state index in [4.69, 9.17) is 10.5 Å². The first-order valence-corrected chi connectivity index (χ1v) is 4.78. The van der Waals surface area contributed by atoms with E-state index in [0.717, 1.165) is 19.4 Å². The van der Waals surface area contributed by atoms with E-state index in [1.54, 1.807) is 7.11 Å². The van der Waals surface area contributed by atoms with Gasteiger partial charge in [0.15, 0.2) is 0 Å². The van der Waals surface area contributed by atoms with Crippen LogP contribution in [0, 0.1) is 0 Å². The molecule has 0 bridgehead atoms. The third-order valence-corrected chi connectivity index (χ3v) is 2.41. The molecule has 0 aromatic rings. The number of methoxy groups -OCH3 is 1. The molecule has 4 heteroatoms. The van der Waals surface area contributed by atoms with Crippen molar-refractivity contribution >= 4 is 5.91 Å². The van der Waals surface area contributed by atoms with E-state index in [1.165, 1.54) is 0 Å². The Morgan fingerprint density at radius 3 is 3.08 bits per heavy atom. The van der Waals surface area contributed by atoms with Crippen molar-refractivity contribution in [3.05, 3.63) is 0 Å². The summed E-state index contributed by atoms with van der Waals surface area (Å²) in [6.45, 7) is 1.96. The molecular formula is C9H18N2O2. The first kappa shape index (κ1) is 10.5. The van der Waals surface area contributed by atoms with Gasteiger partial charge in [-0.05, 0) is 12.8 Å². The Labute approximate surface area is 79.0 Å². The van der Waals surface area contributed by atoms with Gasteiger partial charge in [-0.25, -0.2) is 0 Å². The van der Waals surface area contributed by atoms with Gasteiger partial charge in [0.2, 0.25) is 5.91 Å². The zero-order valence-electron chi connectivity index (χ0n) is 8.16. The van der Waals surface area contributed by atoms with Gasteiger partial charge in [-0.1, -0.05) is 0 Å². The van der Waals surface area contributed by atoms with Crippen molar-refractivity contribution in [1.82, 2.24) is 4.90 Å². The van der Waals surface area contributed by atoms with Gasteiger partial charge in [0, 0.05) is 26.6 Å². The number of ether oxygens (including phenoxy) is 1. The number of nitrogens with two attached hydrogens (primary N) is 1. The fraction of sp³-hybridized carbons (Fsp3) is 0.889. The predicted octanol–water partition coefficient (Wildman–Crippen LogP) is -0.0274. The van der Waals surface area contributed by atoms with Crippen molar-refractivity contribution in [2.45, 2.75) is 25.3 Å². The summed E-state index contributed by atoms with van der Waals surface area (Å²) in [5.41, 5.74) is 5.34. The minimum absolute atomic E-state index is 0.169. The van der Waals surface area contributed by atoms with Crippen LogP contribution in [0.1, 0.15) is 19.3 Å². The summed E-state index contributed by atoms with van der Waals surface area (Å²) in [6, 6.07) is 0.282. The van der Waals surface area contributed by atoms with Gasteiger partial charge in [0.25, 0.3) is 0 Å². The average molecular weight is 186 g/mol. The molecule has 2 N–H and O–H groups in total. The minimum Gasteiger partial charge on any atom is -0.383 e. The van der Waals surface area contributed by atoms with Crippen LogP contribution in [0.15, 0.2) is 0 Å². The van der Waals surface area contributed by atoms with Crippen LogP contribution < -0.4 is 5.73 Å². The molecule has 1 amide bonds. The second-order valence-electron chi connectivity index (χ2n) is 3.38. The van der Waals surface area contributed by atoms with Crippen molar-refractivity contribution in [1.29, 1.82) is 0 Å². The van der Waals surface area contributed by atoms with Crippen LogP contribution in [0.4, 0.5) is 0 Å². The summed E-state index contributed by atoms with van der Waals surface area (Å²) < 4.78 is 5.06. The maximum Gasteiger partial charge on any atom is 0.224 e. The molecule has 0 aromatic heterocycles. The summed E-state index contributed by atoms with van der Waals surface area (Å²) in [5, 5.41) is 0. The van der Waals surface area contributed by atoms with Gasteiger partial charge in [0.1, 0.15) is 0 Å². The fourth-order valence-electron chi connectivity index (χ4n) is 1.80. The minimum atomic E-state index is 0.169. The SMILES string of the molecule is COC[C@@H]1CCCN1C(=O)CCN. The molecule has 1 fully saturated rings. The molecular weight excluding hydrogens is 168 g/mol. The van der Waals surface area contributed by atoms with Gasteiger partial charge in [-0.2, -0.15) is 0 Å². The second-order valence-corrected chi connectivity index (χ2v) is 3.38. The van der Waals surface area contributed by atoms with Gasteiger partial charge >= 0.3 is 0 Å². The molecule has 4 nitrogen and oxygen atoms in total. The molecule has 76 valence electrons. The van der Waals surface area contributed by atoms with E-state index in [2.05, 4.69) is 0 Å². The van der Waals surface area contributed by atoms with Gasteiger partial charge in [0.05, 0.1) is 12.6 Å². The maximum atomic E-state index is 11.5. The van der Waals surface area contributed by atoms with Crippen LogP contribution in [-0.2, 0) is 9.53 Å². The van der Waals surface area contributed by atoms with Gasteiger partial charge < -0.3 is 15.4 Å². The van der Waals surface area contributed by atoms with E-state index in [1.807, 2.05) is 4.90 Å². The van der Waals surface area contributed by atoms with E-state index >= 15 is 0 Å². The molecule has 1 saturated heterocycles.